The van der Waals surface area contributed by atoms with E-state index in [1.54, 1.807) is 12.1 Å². The average Bonchev–Trinajstić information content (AvgIpc) is 2.89. The van der Waals surface area contributed by atoms with Gasteiger partial charge in [-0.1, -0.05) is 23.2 Å². The number of hydrogen-bond donors (Lipinski definition) is 3. The average molecular weight is 331 g/mol. The van der Waals surface area contributed by atoms with E-state index in [0.717, 1.165) is 5.52 Å². The number of aromatic nitrogens is 2. The molecule has 1 aromatic heterocycles. The highest BCUT2D eigenvalue weighted by molar-refractivity contribution is 6.42. The van der Waals surface area contributed by atoms with E-state index in [2.05, 4.69) is 4.98 Å². The van der Waals surface area contributed by atoms with Gasteiger partial charge in [-0.2, -0.15) is 0 Å². The van der Waals surface area contributed by atoms with Gasteiger partial charge < -0.3 is 19.9 Å². The summed E-state index contributed by atoms with van der Waals surface area (Å²) in [6, 6.07) is 3.05. The number of aryl methyl sites for hydroxylation is 1. The zero-order valence-electron chi connectivity index (χ0n) is 11.4. The lowest BCUT2D eigenvalue weighted by atomic mass is 10.1. The Morgan fingerprint density at radius 3 is 2.52 bits per heavy atom. The fourth-order valence-electron chi connectivity index (χ4n) is 3.17. The molecule has 0 amide bonds. The smallest absolute Gasteiger partial charge is 0.107 e. The lowest BCUT2D eigenvalue weighted by Crippen LogP contribution is -2.30. The molecule has 1 fully saturated rings. The normalized spacial score (nSPS) is 29.4. The van der Waals surface area contributed by atoms with Gasteiger partial charge in [0.2, 0.25) is 0 Å². The molecule has 5 nitrogen and oxygen atoms in total. The van der Waals surface area contributed by atoms with Crippen molar-refractivity contribution in [2.45, 2.75) is 31.6 Å². The quantitative estimate of drug-likeness (QED) is 0.786. The minimum absolute atomic E-state index is 0.160. The number of benzene rings is 1. The molecule has 1 aromatic carbocycles. The van der Waals surface area contributed by atoms with Crippen molar-refractivity contribution in [3.8, 4) is 0 Å². The van der Waals surface area contributed by atoms with Gasteiger partial charge in [-0.15, -0.1) is 0 Å². The Balaban J connectivity index is 2.12. The fraction of sp³-hybridized carbons (Fsp3) is 0.500. The van der Waals surface area contributed by atoms with Crippen LogP contribution in [0.3, 0.4) is 0 Å². The first-order chi connectivity index (χ1) is 9.93. The van der Waals surface area contributed by atoms with E-state index in [0.29, 0.717) is 27.8 Å². The minimum atomic E-state index is -0.951. The van der Waals surface area contributed by atoms with Crippen molar-refractivity contribution in [1.82, 2.24) is 9.55 Å². The minimum Gasteiger partial charge on any atom is -0.396 e. The van der Waals surface area contributed by atoms with Gasteiger partial charge in [0.05, 0.1) is 33.2 Å². The van der Waals surface area contributed by atoms with Crippen LogP contribution in [-0.4, -0.2) is 43.7 Å². The SMILES string of the molecule is Cc1nc2cc(Cl)c(Cl)cc2n1[C@@H]1C[C@H](CO)[C@H](O)[C@@H]1O. The molecule has 3 N–H and O–H groups in total. The van der Waals surface area contributed by atoms with E-state index in [4.69, 9.17) is 23.2 Å². The summed E-state index contributed by atoms with van der Waals surface area (Å²) < 4.78 is 1.86. The molecule has 0 spiro atoms. The Labute approximate surface area is 131 Å². The van der Waals surface area contributed by atoms with E-state index >= 15 is 0 Å². The second-order valence-corrected chi connectivity index (χ2v) is 6.33. The predicted octanol–water partition coefficient (Wildman–Crippen LogP) is 1.93. The van der Waals surface area contributed by atoms with Crippen molar-refractivity contribution in [3.63, 3.8) is 0 Å². The van der Waals surface area contributed by atoms with Crippen LogP contribution in [0.5, 0.6) is 0 Å². The Hall–Kier alpha value is -0.850. The van der Waals surface area contributed by atoms with Crippen molar-refractivity contribution >= 4 is 34.2 Å². The second kappa shape index (κ2) is 5.41. The molecule has 0 aliphatic heterocycles. The van der Waals surface area contributed by atoms with E-state index < -0.39 is 12.2 Å². The van der Waals surface area contributed by atoms with Crippen LogP contribution < -0.4 is 0 Å². The lowest BCUT2D eigenvalue weighted by Gasteiger charge is -2.20. The van der Waals surface area contributed by atoms with E-state index in [1.165, 1.54) is 0 Å². The van der Waals surface area contributed by atoms with Crippen molar-refractivity contribution < 1.29 is 15.3 Å². The molecule has 0 bridgehead atoms. The largest absolute Gasteiger partial charge is 0.396 e. The molecule has 0 saturated heterocycles. The number of halogens is 2. The molecule has 4 atom stereocenters. The topological polar surface area (TPSA) is 78.5 Å². The van der Waals surface area contributed by atoms with Crippen LogP contribution in [0.25, 0.3) is 11.0 Å². The summed E-state index contributed by atoms with van der Waals surface area (Å²) in [4.78, 5) is 4.43. The molecule has 3 rings (SSSR count). The molecular weight excluding hydrogens is 315 g/mol. The molecule has 7 heteroatoms. The first-order valence-corrected chi connectivity index (χ1v) is 7.50. The maximum atomic E-state index is 10.3. The van der Waals surface area contributed by atoms with Crippen LogP contribution in [0.15, 0.2) is 12.1 Å². The Morgan fingerprint density at radius 1 is 1.24 bits per heavy atom. The summed E-state index contributed by atoms with van der Waals surface area (Å²) in [5.41, 5.74) is 1.45. The van der Waals surface area contributed by atoms with Gasteiger partial charge in [-0.25, -0.2) is 4.98 Å². The first-order valence-electron chi connectivity index (χ1n) is 6.74. The standard InChI is InChI=1S/C14H16Cl2N2O3/c1-6-17-10-3-8(15)9(16)4-11(10)18(6)12-2-7(5-19)13(20)14(12)21/h3-4,7,12-14,19-21H,2,5H2,1H3/t7-,12-,13+,14-/m1/s1. The number of hydrogen-bond acceptors (Lipinski definition) is 4. The Bertz CT molecular complexity index is 688. The van der Waals surface area contributed by atoms with Crippen molar-refractivity contribution in [1.29, 1.82) is 0 Å². The highest BCUT2D eigenvalue weighted by atomic mass is 35.5. The number of rotatable bonds is 2. The summed E-state index contributed by atoms with van der Waals surface area (Å²) >= 11 is 12.1. The van der Waals surface area contributed by atoms with Gasteiger partial charge in [-0.3, -0.25) is 0 Å². The number of aliphatic hydroxyl groups is 3. The highest BCUT2D eigenvalue weighted by Crippen LogP contribution is 2.39. The van der Waals surface area contributed by atoms with Crippen LogP contribution in [0.2, 0.25) is 10.0 Å². The molecule has 1 aliphatic rings. The maximum Gasteiger partial charge on any atom is 0.107 e. The number of aliphatic hydroxyl groups excluding tert-OH is 3. The summed E-state index contributed by atoms with van der Waals surface area (Å²) in [6.45, 7) is 1.67. The van der Waals surface area contributed by atoms with Gasteiger partial charge in [0.25, 0.3) is 0 Å². The van der Waals surface area contributed by atoms with Gasteiger partial charge in [-0.05, 0) is 25.5 Å². The van der Waals surface area contributed by atoms with Crippen molar-refractivity contribution in [3.05, 3.63) is 28.0 Å². The Kier molecular flexibility index (Phi) is 3.88. The lowest BCUT2D eigenvalue weighted by molar-refractivity contribution is -0.00383. The van der Waals surface area contributed by atoms with E-state index in [9.17, 15) is 15.3 Å². The molecule has 1 saturated carbocycles. The highest BCUT2D eigenvalue weighted by Gasteiger charge is 2.42. The van der Waals surface area contributed by atoms with Crippen LogP contribution in [0.1, 0.15) is 18.3 Å². The summed E-state index contributed by atoms with van der Waals surface area (Å²) in [6.07, 6.45) is -1.42. The Morgan fingerprint density at radius 2 is 1.90 bits per heavy atom. The van der Waals surface area contributed by atoms with Gasteiger partial charge in [0, 0.05) is 12.5 Å². The van der Waals surface area contributed by atoms with E-state index in [-0.39, 0.29) is 18.6 Å². The van der Waals surface area contributed by atoms with Gasteiger partial charge in [0.1, 0.15) is 11.9 Å². The molecular formula is C14H16Cl2N2O3. The van der Waals surface area contributed by atoms with Crippen molar-refractivity contribution in [2.24, 2.45) is 5.92 Å². The van der Waals surface area contributed by atoms with Gasteiger partial charge in [0.15, 0.2) is 0 Å². The van der Waals surface area contributed by atoms with Crippen LogP contribution in [-0.2, 0) is 0 Å². The monoisotopic (exact) mass is 330 g/mol. The molecule has 1 heterocycles. The zero-order valence-corrected chi connectivity index (χ0v) is 12.9. The van der Waals surface area contributed by atoms with E-state index in [1.807, 2.05) is 11.5 Å². The molecule has 0 unspecified atom stereocenters. The maximum absolute atomic E-state index is 10.3. The molecule has 114 valence electrons. The molecule has 21 heavy (non-hydrogen) atoms. The third-order valence-electron chi connectivity index (χ3n) is 4.25. The third kappa shape index (κ3) is 2.33. The van der Waals surface area contributed by atoms with Gasteiger partial charge >= 0.3 is 0 Å². The number of fused-ring (bicyclic) bond motifs is 1. The number of imidazole rings is 1. The molecule has 0 radical (unpaired) electrons. The number of nitrogens with zero attached hydrogens (tertiary/aromatic N) is 2. The third-order valence-corrected chi connectivity index (χ3v) is 4.97. The van der Waals surface area contributed by atoms with Crippen molar-refractivity contribution in [2.75, 3.05) is 6.61 Å². The molecule has 1 aliphatic carbocycles. The second-order valence-electron chi connectivity index (χ2n) is 5.51. The zero-order chi connectivity index (χ0) is 15.3. The fourth-order valence-corrected chi connectivity index (χ4v) is 3.48. The summed E-state index contributed by atoms with van der Waals surface area (Å²) in [7, 11) is 0. The first kappa shape index (κ1) is 15.1. The predicted molar refractivity (Wildman–Crippen MR) is 80.7 cm³/mol. The molecule has 2 aromatic rings. The summed E-state index contributed by atoms with van der Waals surface area (Å²) in [5.74, 6) is 0.364. The van der Waals surface area contributed by atoms with Crippen LogP contribution in [0, 0.1) is 12.8 Å². The summed E-state index contributed by atoms with van der Waals surface area (Å²) in [5, 5.41) is 30.4. The van der Waals surface area contributed by atoms with Crippen LogP contribution >= 0.6 is 23.2 Å². The van der Waals surface area contributed by atoms with Crippen LogP contribution in [0.4, 0.5) is 0 Å².